The van der Waals surface area contributed by atoms with Gasteiger partial charge in [-0.3, -0.25) is 5.32 Å². The predicted molar refractivity (Wildman–Crippen MR) is 69.7 cm³/mol. The molecular formula is C14H19NO3. The average Bonchev–Trinajstić information content (AvgIpc) is 3.01. The lowest BCUT2D eigenvalue weighted by Gasteiger charge is -2.20. The van der Waals surface area contributed by atoms with Crippen LogP contribution in [0.4, 0.5) is 10.5 Å². The van der Waals surface area contributed by atoms with Gasteiger partial charge in [0, 0.05) is 5.69 Å². The van der Waals surface area contributed by atoms with E-state index in [0.29, 0.717) is 0 Å². The van der Waals surface area contributed by atoms with Crippen molar-refractivity contribution in [1.82, 2.24) is 0 Å². The van der Waals surface area contributed by atoms with Crippen molar-refractivity contribution >= 4 is 11.8 Å². The van der Waals surface area contributed by atoms with Gasteiger partial charge in [0.05, 0.1) is 6.61 Å². The minimum atomic E-state index is -0.486. The molecule has 0 radical (unpaired) electrons. The highest BCUT2D eigenvalue weighted by Crippen LogP contribution is 2.31. The van der Waals surface area contributed by atoms with E-state index in [2.05, 4.69) is 5.32 Å². The normalized spacial score (nSPS) is 18.3. The minimum absolute atomic E-state index is 0.235. The second-order valence-corrected chi connectivity index (χ2v) is 5.52. The number of ether oxygens (including phenoxy) is 2. The fourth-order valence-electron chi connectivity index (χ4n) is 1.68. The Morgan fingerprint density at radius 3 is 2.61 bits per heavy atom. The molecule has 4 nitrogen and oxygen atoms in total. The minimum Gasteiger partial charge on any atom is -0.444 e. The molecule has 1 N–H and O–H groups in total. The number of amides is 1. The molecule has 2 rings (SSSR count). The highest BCUT2D eigenvalue weighted by atomic mass is 16.6. The van der Waals surface area contributed by atoms with E-state index >= 15 is 0 Å². The Morgan fingerprint density at radius 2 is 2.11 bits per heavy atom. The molecule has 1 aliphatic rings. The molecule has 0 saturated carbocycles. The maximum atomic E-state index is 11.7. The standard InChI is InChI=1S/C14H19NO3/c1-9-7-10(12-8-17-12)5-6-11(9)15-13(16)18-14(2,3)4/h5-7,12H,8H2,1-4H3,(H,15,16)/t12-/m1/s1. The maximum Gasteiger partial charge on any atom is 0.412 e. The topological polar surface area (TPSA) is 50.9 Å². The van der Waals surface area contributed by atoms with Crippen molar-refractivity contribution in [2.45, 2.75) is 39.4 Å². The summed E-state index contributed by atoms with van der Waals surface area (Å²) >= 11 is 0. The van der Waals surface area contributed by atoms with Gasteiger partial charge in [-0.25, -0.2) is 4.79 Å². The Labute approximate surface area is 107 Å². The fourth-order valence-corrected chi connectivity index (χ4v) is 1.68. The summed E-state index contributed by atoms with van der Waals surface area (Å²) < 4.78 is 10.4. The van der Waals surface area contributed by atoms with E-state index in [1.165, 1.54) is 0 Å². The van der Waals surface area contributed by atoms with Gasteiger partial charge in [0.25, 0.3) is 0 Å². The van der Waals surface area contributed by atoms with Crippen molar-refractivity contribution in [2.24, 2.45) is 0 Å². The third-order valence-corrected chi connectivity index (χ3v) is 2.59. The summed E-state index contributed by atoms with van der Waals surface area (Å²) in [6.45, 7) is 8.27. The van der Waals surface area contributed by atoms with Crippen LogP contribution < -0.4 is 5.32 Å². The molecule has 18 heavy (non-hydrogen) atoms. The largest absolute Gasteiger partial charge is 0.444 e. The van der Waals surface area contributed by atoms with Gasteiger partial charge >= 0.3 is 6.09 Å². The van der Waals surface area contributed by atoms with Crippen molar-refractivity contribution < 1.29 is 14.3 Å². The van der Waals surface area contributed by atoms with Crippen LogP contribution in [0.1, 0.15) is 38.0 Å². The molecule has 0 aliphatic carbocycles. The summed E-state index contributed by atoms with van der Waals surface area (Å²) in [4.78, 5) is 11.7. The van der Waals surface area contributed by atoms with Gasteiger partial charge in [0.2, 0.25) is 0 Å². The van der Waals surface area contributed by atoms with E-state index in [9.17, 15) is 4.79 Å². The molecule has 0 aromatic heterocycles. The SMILES string of the molecule is Cc1cc([C@H]2CO2)ccc1NC(=O)OC(C)(C)C. The number of aryl methyl sites for hydroxylation is 1. The first-order valence-electron chi connectivity index (χ1n) is 6.07. The third-order valence-electron chi connectivity index (χ3n) is 2.59. The molecule has 4 heteroatoms. The van der Waals surface area contributed by atoms with Crippen LogP contribution >= 0.6 is 0 Å². The summed E-state index contributed by atoms with van der Waals surface area (Å²) in [6, 6.07) is 5.89. The molecule has 1 aliphatic heterocycles. The van der Waals surface area contributed by atoms with Crippen molar-refractivity contribution in [2.75, 3.05) is 11.9 Å². The summed E-state index contributed by atoms with van der Waals surface area (Å²) in [5.41, 5.74) is 2.45. The molecule has 1 aromatic carbocycles. The summed E-state index contributed by atoms with van der Waals surface area (Å²) in [5.74, 6) is 0. The molecule has 0 bridgehead atoms. The highest BCUT2D eigenvalue weighted by molar-refractivity contribution is 5.85. The molecule has 0 spiro atoms. The molecule has 98 valence electrons. The molecule has 1 aromatic rings. The van der Waals surface area contributed by atoms with Crippen LogP contribution in [0, 0.1) is 6.92 Å². The zero-order valence-corrected chi connectivity index (χ0v) is 11.2. The van der Waals surface area contributed by atoms with E-state index in [1.807, 2.05) is 45.9 Å². The Hall–Kier alpha value is -1.55. The number of carbonyl (C=O) groups excluding carboxylic acids is 1. The van der Waals surface area contributed by atoms with Crippen LogP contribution in [0.25, 0.3) is 0 Å². The van der Waals surface area contributed by atoms with E-state index in [4.69, 9.17) is 9.47 Å². The monoisotopic (exact) mass is 249 g/mol. The van der Waals surface area contributed by atoms with Crippen LogP contribution in [0.5, 0.6) is 0 Å². The molecule has 0 unspecified atom stereocenters. The van der Waals surface area contributed by atoms with Crippen molar-refractivity contribution in [3.8, 4) is 0 Å². The zero-order chi connectivity index (χ0) is 13.3. The number of hydrogen-bond acceptors (Lipinski definition) is 3. The van der Waals surface area contributed by atoms with Crippen LogP contribution in [0.15, 0.2) is 18.2 Å². The first-order valence-corrected chi connectivity index (χ1v) is 6.07. The number of benzene rings is 1. The van der Waals surface area contributed by atoms with Gasteiger partial charge in [0.15, 0.2) is 0 Å². The van der Waals surface area contributed by atoms with E-state index in [1.54, 1.807) is 0 Å². The second-order valence-electron chi connectivity index (χ2n) is 5.52. The van der Waals surface area contributed by atoms with E-state index in [-0.39, 0.29) is 6.10 Å². The van der Waals surface area contributed by atoms with Gasteiger partial charge < -0.3 is 9.47 Å². The first-order chi connectivity index (χ1) is 8.35. The van der Waals surface area contributed by atoms with Crippen LogP contribution in [-0.2, 0) is 9.47 Å². The lowest BCUT2D eigenvalue weighted by Crippen LogP contribution is -2.27. The fraction of sp³-hybridized carbons (Fsp3) is 0.500. The number of hydrogen-bond donors (Lipinski definition) is 1. The lowest BCUT2D eigenvalue weighted by molar-refractivity contribution is 0.0636. The van der Waals surface area contributed by atoms with E-state index in [0.717, 1.165) is 23.4 Å². The van der Waals surface area contributed by atoms with E-state index < -0.39 is 11.7 Å². The number of carbonyl (C=O) groups is 1. The van der Waals surface area contributed by atoms with Gasteiger partial charge in [0.1, 0.15) is 11.7 Å². The Morgan fingerprint density at radius 1 is 1.44 bits per heavy atom. The molecule has 1 amide bonds. The lowest BCUT2D eigenvalue weighted by atomic mass is 10.1. The smallest absolute Gasteiger partial charge is 0.412 e. The quantitative estimate of drug-likeness (QED) is 0.817. The Kier molecular flexibility index (Phi) is 3.30. The number of epoxide rings is 1. The maximum absolute atomic E-state index is 11.7. The number of anilines is 1. The Bertz CT molecular complexity index is 459. The molecule has 1 atom stereocenters. The molecule has 1 saturated heterocycles. The van der Waals surface area contributed by atoms with Gasteiger partial charge in [-0.15, -0.1) is 0 Å². The van der Waals surface area contributed by atoms with Gasteiger partial charge in [-0.2, -0.15) is 0 Å². The highest BCUT2D eigenvalue weighted by Gasteiger charge is 2.25. The molecular weight excluding hydrogens is 230 g/mol. The Balaban J connectivity index is 2.03. The average molecular weight is 249 g/mol. The summed E-state index contributed by atoms with van der Waals surface area (Å²) in [7, 11) is 0. The number of rotatable bonds is 2. The van der Waals surface area contributed by atoms with Crippen molar-refractivity contribution in [1.29, 1.82) is 0 Å². The van der Waals surface area contributed by atoms with Gasteiger partial charge in [-0.1, -0.05) is 12.1 Å². The van der Waals surface area contributed by atoms with Crippen LogP contribution in [-0.4, -0.2) is 18.3 Å². The summed E-state index contributed by atoms with van der Waals surface area (Å²) in [5, 5.41) is 2.75. The van der Waals surface area contributed by atoms with Crippen LogP contribution in [0.2, 0.25) is 0 Å². The molecule has 1 fully saturated rings. The van der Waals surface area contributed by atoms with Crippen molar-refractivity contribution in [3.63, 3.8) is 0 Å². The molecule has 1 heterocycles. The van der Waals surface area contributed by atoms with Gasteiger partial charge in [-0.05, 0) is 44.9 Å². The van der Waals surface area contributed by atoms with Crippen molar-refractivity contribution in [3.05, 3.63) is 29.3 Å². The zero-order valence-electron chi connectivity index (χ0n) is 11.2. The first kappa shape index (κ1) is 12.9. The third kappa shape index (κ3) is 3.47. The van der Waals surface area contributed by atoms with Crippen LogP contribution in [0.3, 0.4) is 0 Å². The number of nitrogens with one attached hydrogen (secondary N) is 1. The second kappa shape index (κ2) is 4.61. The summed E-state index contributed by atoms with van der Waals surface area (Å²) in [6.07, 6.45) is -0.194. The predicted octanol–water partition coefficient (Wildman–Crippen LogP) is 3.41.